The van der Waals surface area contributed by atoms with Crippen molar-refractivity contribution in [2.75, 3.05) is 6.54 Å². The predicted molar refractivity (Wildman–Crippen MR) is 70.3 cm³/mol. The summed E-state index contributed by atoms with van der Waals surface area (Å²) in [6, 6.07) is 4.61. The Labute approximate surface area is 115 Å². The monoisotopic (exact) mass is 302 g/mol. The van der Waals surface area contributed by atoms with E-state index < -0.39 is 21.9 Å². The van der Waals surface area contributed by atoms with Crippen LogP contribution in [0.3, 0.4) is 0 Å². The summed E-state index contributed by atoms with van der Waals surface area (Å²) in [4.78, 5) is 11.2. The Bertz CT molecular complexity index is 586. The van der Waals surface area contributed by atoms with Gasteiger partial charge in [-0.2, -0.15) is 5.26 Å². The minimum absolute atomic E-state index is 0.0182. The number of nitriles is 1. The van der Waals surface area contributed by atoms with Crippen LogP contribution in [0.1, 0.15) is 24.6 Å². The van der Waals surface area contributed by atoms with Crippen molar-refractivity contribution < 1.29 is 18.3 Å². The van der Waals surface area contributed by atoms with Crippen molar-refractivity contribution in [3.63, 3.8) is 0 Å². The van der Waals surface area contributed by atoms with Crippen LogP contribution in [-0.4, -0.2) is 26.0 Å². The number of hydrogen-bond donors (Lipinski definition) is 2. The van der Waals surface area contributed by atoms with Gasteiger partial charge in [-0.25, -0.2) is 13.1 Å². The number of carbonyl (C=O) groups is 1. The van der Waals surface area contributed by atoms with Crippen molar-refractivity contribution in [1.29, 1.82) is 5.26 Å². The lowest BCUT2D eigenvalue weighted by Crippen LogP contribution is -2.32. The molecule has 0 spiro atoms. The van der Waals surface area contributed by atoms with E-state index in [0.717, 1.165) is 11.3 Å². The highest BCUT2D eigenvalue weighted by atomic mass is 32.2. The molecule has 0 amide bonds. The fourth-order valence-corrected chi connectivity index (χ4v) is 3.70. The van der Waals surface area contributed by atoms with E-state index in [1.807, 2.05) is 13.0 Å². The van der Waals surface area contributed by atoms with Gasteiger partial charge in [-0.05, 0) is 18.6 Å². The minimum atomic E-state index is -3.74. The molecular formula is C11H14N2O4S2. The maximum Gasteiger partial charge on any atom is 0.307 e. The van der Waals surface area contributed by atoms with Crippen molar-refractivity contribution in [3.8, 4) is 6.07 Å². The van der Waals surface area contributed by atoms with Crippen LogP contribution < -0.4 is 4.72 Å². The normalized spacial score (nSPS) is 12.8. The quantitative estimate of drug-likeness (QED) is 0.791. The second-order valence-corrected chi connectivity index (χ2v) is 6.98. The van der Waals surface area contributed by atoms with Gasteiger partial charge in [0.1, 0.15) is 15.2 Å². The van der Waals surface area contributed by atoms with E-state index in [4.69, 9.17) is 10.4 Å². The average molecular weight is 302 g/mol. The Morgan fingerprint density at radius 3 is 2.74 bits per heavy atom. The Morgan fingerprint density at radius 1 is 1.58 bits per heavy atom. The smallest absolute Gasteiger partial charge is 0.307 e. The van der Waals surface area contributed by atoms with Crippen molar-refractivity contribution in [1.82, 2.24) is 4.72 Å². The molecule has 0 aromatic carbocycles. The third-order valence-corrected chi connectivity index (χ3v) is 5.37. The first-order valence-corrected chi connectivity index (χ1v) is 7.93. The first kappa shape index (κ1) is 15.6. The van der Waals surface area contributed by atoms with Crippen LogP contribution in [0.25, 0.3) is 0 Å². The molecule has 1 aromatic rings. The molecule has 1 heterocycles. The highest BCUT2D eigenvalue weighted by Gasteiger charge is 2.22. The van der Waals surface area contributed by atoms with Crippen LogP contribution in [0.5, 0.6) is 0 Å². The standard InChI is InChI=1S/C11H14N2O4S2/c1-2-3-8(11(14)15)7-13-19(16,17)10-5-4-9(6-12)18-10/h4-5,8,13H,2-3,7H2,1H3,(H,14,15). The van der Waals surface area contributed by atoms with Crippen LogP contribution in [0.2, 0.25) is 0 Å². The zero-order valence-electron chi connectivity index (χ0n) is 10.3. The van der Waals surface area contributed by atoms with Crippen molar-refractivity contribution >= 4 is 27.3 Å². The topological polar surface area (TPSA) is 107 Å². The fourth-order valence-electron chi connectivity index (χ4n) is 1.47. The van der Waals surface area contributed by atoms with Crippen LogP contribution >= 0.6 is 11.3 Å². The third-order valence-electron chi connectivity index (χ3n) is 2.46. The molecule has 0 aliphatic heterocycles. The summed E-state index contributed by atoms with van der Waals surface area (Å²) in [5.41, 5.74) is 0. The summed E-state index contributed by atoms with van der Waals surface area (Å²) < 4.78 is 26.1. The molecule has 1 unspecified atom stereocenters. The molecule has 1 atom stereocenters. The molecule has 0 bridgehead atoms. The maximum absolute atomic E-state index is 11.9. The third kappa shape index (κ3) is 4.31. The van der Waals surface area contributed by atoms with E-state index in [1.54, 1.807) is 0 Å². The highest BCUT2D eigenvalue weighted by Crippen LogP contribution is 2.20. The Balaban J connectivity index is 2.75. The van der Waals surface area contributed by atoms with Gasteiger partial charge in [-0.3, -0.25) is 4.79 Å². The summed E-state index contributed by atoms with van der Waals surface area (Å²) in [6.45, 7) is 1.69. The molecule has 104 valence electrons. The Hall–Kier alpha value is -1.43. The molecular weight excluding hydrogens is 288 g/mol. The van der Waals surface area contributed by atoms with E-state index in [9.17, 15) is 13.2 Å². The molecule has 1 aromatic heterocycles. The number of carboxylic acid groups (broad SMARTS) is 1. The Morgan fingerprint density at radius 2 is 2.26 bits per heavy atom. The van der Waals surface area contributed by atoms with Crippen LogP contribution in [-0.2, 0) is 14.8 Å². The number of nitrogens with zero attached hydrogens (tertiary/aromatic N) is 1. The van der Waals surface area contributed by atoms with Gasteiger partial charge < -0.3 is 5.11 Å². The van der Waals surface area contributed by atoms with Crippen molar-refractivity contribution in [3.05, 3.63) is 17.0 Å². The maximum atomic E-state index is 11.9. The van der Waals surface area contributed by atoms with E-state index in [-0.39, 0.29) is 10.8 Å². The van der Waals surface area contributed by atoms with Gasteiger partial charge in [-0.1, -0.05) is 13.3 Å². The fraction of sp³-hybridized carbons (Fsp3) is 0.455. The zero-order valence-corrected chi connectivity index (χ0v) is 11.9. The Kier molecular flexibility index (Phi) is 5.47. The molecule has 6 nitrogen and oxygen atoms in total. The van der Waals surface area contributed by atoms with Crippen LogP contribution in [0.15, 0.2) is 16.3 Å². The number of rotatable bonds is 7. The summed E-state index contributed by atoms with van der Waals surface area (Å²) in [7, 11) is -3.74. The summed E-state index contributed by atoms with van der Waals surface area (Å²) in [5, 5.41) is 17.6. The van der Waals surface area contributed by atoms with Crippen molar-refractivity contribution in [2.45, 2.75) is 24.0 Å². The zero-order chi connectivity index (χ0) is 14.5. The largest absolute Gasteiger partial charge is 0.481 e. The van der Waals surface area contributed by atoms with Crippen LogP contribution in [0.4, 0.5) is 0 Å². The average Bonchev–Trinajstić information content (AvgIpc) is 2.83. The van der Waals surface area contributed by atoms with E-state index in [1.165, 1.54) is 12.1 Å². The minimum Gasteiger partial charge on any atom is -0.481 e. The van der Waals surface area contributed by atoms with Gasteiger partial charge in [-0.15, -0.1) is 11.3 Å². The van der Waals surface area contributed by atoms with Gasteiger partial charge in [0.2, 0.25) is 10.0 Å². The van der Waals surface area contributed by atoms with Gasteiger partial charge in [0.25, 0.3) is 0 Å². The summed E-state index contributed by atoms with van der Waals surface area (Å²) in [5.74, 6) is -1.76. The number of sulfonamides is 1. The predicted octanol–water partition coefficient (Wildman–Crippen LogP) is 1.40. The van der Waals surface area contributed by atoms with Gasteiger partial charge in [0.05, 0.1) is 5.92 Å². The van der Waals surface area contributed by atoms with E-state index in [0.29, 0.717) is 17.7 Å². The number of nitrogens with one attached hydrogen (secondary N) is 1. The van der Waals surface area contributed by atoms with E-state index >= 15 is 0 Å². The molecule has 0 radical (unpaired) electrons. The summed E-state index contributed by atoms with van der Waals surface area (Å²) >= 11 is 0.854. The van der Waals surface area contributed by atoms with Gasteiger partial charge in [0, 0.05) is 6.54 Å². The lowest BCUT2D eigenvalue weighted by Gasteiger charge is -2.11. The molecule has 0 saturated heterocycles. The number of carboxylic acids is 1. The molecule has 0 aliphatic carbocycles. The SMILES string of the molecule is CCCC(CNS(=O)(=O)c1ccc(C#N)s1)C(=O)O. The van der Waals surface area contributed by atoms with E-state index in [2.05, 4.69) is 4.72 Å². The lowest BCUT2D eigenvalue weighted by atomic mass is 10.1. The molecule has 0 aliphatic rings. The molecule has 19 heavy (non-hydrogen) atoms. The molecule has 8 heteroatoms. The summed E-state index contributed by atoms with van der Waals surface area (Å²) in [6.07, 6.45) is 1.07. The van der Waals surface area contributed by atoms with Crippen molar-refractivity contribution in [2.24, 2.45) is 5.92 Å². The first-order chi connectivity index (χ1) is 8.90. The van der Waals surface area contributed by atoms with Gasteiger partial charge >= 0.3 is 5.97 Å². The second-order valence-electron chi connectivity index (χ2n) is 3.91. The molecule has 0 saturated carbocycles. The first-order valence-electron chi connectivity index (χ1n) is 5.63. The van der Waals surface area contributed by atoms with Crippen LogP contribution in [0, 0.1) is 17.2 Å². The molecule has 0 fully saturated rings. The highest BCUT2D eigenvalue weighted by molar-refractivity contribution is 7.91. The molecule has 2 N–H and O–H groups in total. The number of hydrogen-bond acceptors (Lipinski definition) is 5. The number of thiophene rings is 1. The van der Waals surface area contributed by atoms with Gasteiger partial charge in [0.15, 0.2) is 0 Å². The second kappa shape index (κ2) is 6.65. The lowest BCUT2D eigenvalue weighted by molar-refractivity contribution is -0.141. The number of aliphatic carboxylic acids is 1. The molecule has 1 rings (SSSR count).